The number of benzene rings is 1. The number of hydrogen-bond donors (Lipinski definition) is 0. The summed E-state index contributed by atoms with van der Waals surface area (Å²) < 4.78 is 23.6. The second kappa shape index (κ2) is 9.13. The van der Waals surface area contributed by atoms with E-state index in [0.29, 0.717) is 12.2 Å². The molecule has 0 aromatic heterocycles. The van der Waals surface area contributed by atoms with Crippen LogP contribution in [-0.2, 0) is 9.53 Å². The minimum atomic E-state index is -0.943. The number of ether oxygens (including phenoxy) is 2. The van der Waals surface area contributed by atoms with Crippen molar-refractivity contribution >= 4 is 12.0 Å². The van der Waals surface area contributed by atoms with Gasteiger partial charge >= 0.3 is 5.97 Å². The summed E-state index contributed by atoms with van der Waals surface area (Å²) in [5.74, 6) is -1.12. The minimum Gasteiger partial charge on any atom is -0.494 e. The third kappa shape index (κ3) is 6.90. The average Bonchev–Trinajstić information content (AvgIpc) is 2.45. The molecular formula is C16H22FNO3. The molecule has 5 heteroatoms. The molecule has 21 heavy (non-hydrogen) atoms. The van der Waals surface area contributed by atoms with Gasteiger partial charge in [0, 0.05) is 6.54 Å². The van der Waals surface area contributed by atoms with Crippen LogP contribution in [0.2, 0.25) is 0 Å². The molecule has 1 aromatic carbocycles. The fourth-order valence-electron chi connectivity index (χ4n) is 1.64. The largest absolute Gasteiger partial charge is 0.494 e. The maximum absolute atomic E-state index is 13.4. The van der Waals surface area contributed by atoms with Crippen molar-refractivity contribution in [1.82, 2.24) is 4.90 Å². The van der Waals surface area contributed by atoms with Crippen molar-refractivity contribution in [2.24, 2.45) is 0 Å². The molecule has 1 rings (SSSR count). The lowest BCUT2D eigenvalue weighted by molar-refractivity contribution is -0.140. The highest BCUT2D eigenvalue weighted by molar-refractivity contribution is 5.91. The molecule has 0 N–H and O–H groups in total. The Labute approximate surface area is 125 Å². The zero-order valence-electron chi connectivity index (χ0n) is 12.8. The van der Waals surface area contributed by atoms with Gasteiger partial charge in [-0.25, -0.2) is 4.79 Å². The normalized spacial score (nSPS) is 11.6. The van der Waals surface area contributed by atoms with Gasteiger partial charge in [-0.1, -0.05) is 12.1 Å². The van der Waals surface area contributed by atoms with Crippen LogP contribution in [0.25, 0.3) is 6.08 Å². The fraction of sp³-hybridized carbons (Fsp3) is 0.438. The Kier molecular flexibility index (Phi) is 7.46. The van der Waals surface area contributed by atoms with Crippen LogP contribution in [-0.4, -0.2) is 44.7 Å². The highest BCUT2D eigenvalue weighted by atomic mass is 19.1. The Morgan fingerprint density at radius 1 is 1.29 bits per heavy atom. The van der Waals surface area contributed by atoms with Crippen molar-refractivity contribution in [2.75, 3.05) is 33.9 Å². The monoisotopic (exact) mass is 295 g/mol. The minimum absolute atomic E-state index is 0.153. The number of carbonyl (C=O) groups is 1. The summed E-state index contributed by atoms with van der Waals surface area (Å²) in [5.41, 5.74) is 0.584. The number of esters is 1. The van der Waals surface area contributed by atoms with Crippen molar-refractivity contribution < 1.29 is 18.7 Å². The molecule has 0 atom stereocenters. The van der Waals surface area contributed by atoms with E-state index in [1.807, 2.05) is 14.1 Å². The molecule has 4 nitrogen and oxygen atoms in total. The highest BCUT2D eigenvalue weighted by Crippen LogP contribution is 2.15. The fourth-order valence-corrected chi connectivity index (χ4v) is 1.64. The molecule has 0 saturated carbocycles. The van der Waals surface area contributed by atoms with E-state index in [2.05, 4.69) is 9.64 Å². The van der Waals surface area contributed by atoms with E-state index in [1.54, 1.807) is 31.2 Å². The number of carbonyl (C=O) groups excluding carboxylic acids is 1. The summed E-state index contributed by atoms with van der Waals surface area (Å²) >= 11 is 0. The molecule has 0 heterocycles. The number of hydrogen-bond acceptors (Lipinski definition) is 4. The Morgan fingerprint density at radius 3 is 2.52 bits per heavy atom. The zero-order chi connectivity index (χ0) is 15.7. The molecule has 0 fully saturated rings. The van der Waals surface area contributed by atoms with Crippen LogP contribution >= 0.6 is 0 Å². The lowest BCUT2D eigenvalue weighted by Crippen LogP contribution is -2.15. The molecule has 0 spiro atoms. The van der Waals surface area contributed by atoms with Crippen LogP contribution in [0.5, 0.6) is 5.75 Å². The lowest BCUT2D eigenvalue weighted by atomic mass is 10.2. The summed E-state index contributed by atoms with van der Waals surface area (Å²) in [6.07, 6.45) is 2.08. The maximum Gasteiger partial charge on any atom is 0.367 e. The Bertz CT molecular complexity index is 469. The third-order valence-corrected chi connectivity index (χ3v) is 2.66. The molecular weight excluding hydrogens is 273 g/mol. The van der Waals surface area contributed by atoms with Gasteiger partial charge in [-0.05, 0) is 51.2 Å². The first kappa shape index (κ1) is 17.2. The van der Waals surface area contributed by atoms with Gasteiger partial charge in [0.15, 0.2) is 0 Å². The smallest absolute Gasteiger partial charge is 0.367 e. The maximum atomic E-state index is 13.4. The van der Waals surface area contributed by atoms with Crippen molar-refractivity contribution in [3.05, 3.63) is 35.7 Å². The predicted octanol–water partition coefficient (Wildman–Crippen LogP) is 2.89. The van der Waals surface area contributed by atoms with Crippen molar-refractivity contribution in [1.29, 1.82) is 0 Å². The highest BCUT2D eigenvalue weighted by Gasteiger charge is 2.09. The first-order valence-electron chi connectivity index (χ1n) is 6.95. The number of halogens is 1. The van der Waals surface area contributed by atoms with Crippen molar-refractivity contribution in [3.8, 4) is 5.75 Å². The van der Waals surface area contributed by atoms with Gasteiger partial charge in [0.05, 0.1) is 13.2 Å². The summed E-state index contributed by atoms with van der Waals surface area (Å²) in [6, 6.07) is 6.89. The van der Waals surface area contributed by atoms with Gasteiger partial charge in [-0.15, -0.1) is 0 Å². The van der Waals surface area contributed by atoms with Crippen LogP contribution in [0, 0.1) is 0 Å². The van der Waals surface area contributed by atoms with Gasteiger partial charge in [0.2, 0.25) is 5.83 Å². The quantitative estimate of drug-likeness (QED) is 0.420. The number of rotatable bonds is 8. The first-order chi connectivity index (χ1) is 10.0. The van der Waals surface area contributed by atoms with Crippen LogP contribution in [0.4, 0.5) is 4.39 Å². The van der Waals surface area contributed by atoms with Gasteiger partial charge < -0.3 is 14.4 Å². The lowest BCUT2D eigenvalue weighted by Gasteiger charge is -2.10. The van der Waals surface area contributed by atoms with Crippen LogP contribution in [0.15, 0.2) is 30.1 Å². The summed E-state index contributed by atoms with van der Waals surface area (Å²) in [6.45, 7) is 3.38. The second-order valence-corrected chi connectivity index (χ2v) is 4.79. The second-order valence-electron chi connectivity index (χ2n) is 4.79. The number of nitrogens with zero attached hydrogens (tertiary/aromatic N) is 1. The van der Waals surface area contributed by atoms with E-state index < -0.39 is 11.8 Å². The predicted molar refractivity (Wildman–Crippen MR) is 80.8 cm³/mol. The van der Waals surface area contributed by atoms with E-state index >= 15 is 0 Å². The molecule has 0 amide bonds. The zero-order valence-corrected chi connectivity index (χ0v) is 12.8. The van der Waals surface area contributed by atoms with E-state index in [0.717, 1.165) is 24.8 Å². The molecule has 0 aliphatic carbocycles. The topological polar surface area (TPSA) is 38.8 Å². The Hall–Kier alpha value is -1.88. The molecule has 1 aromatic rings. The van der Waals surface area contributed by atoms with E-state index in [1.165, 1.54) is 0 Å². The van der Waals surface area contributed by atoms with Gasteiger partial charge in [-0.3, -0.25) is 0 Å². The summed E-state index contributed by atoms with van der Waals surface area (Å²) in [7, 11) is 4.03. The molecule has 116 valence electrons. The SMILES string of the molecule is CCOC(=O)/C(F)=C\c1ccc(OCCCN(C)C)cc1. The van der Waals surface area contributed by atoms with Gasteiger partial charge in [0.25, 0.3) is 0 Å². The Balaban J connectivity index is 2.50. The molecule has 0 saturated heterocycles. The average molecular weight is 295 g/mol. The standard InChI is InChI=1S/C16H22FNO3/c1-4-20-16(19)15(17)12-13-6-8-14(9-7-13)21-11-5-10-18(2)3/h6-9,12H,4-5,10-11H2,1-3H3/b15-12+. The van der Waals surface area contributed by atoms with Gasteiger partial charge in [0.1, 0.15) is 5.75 Å². The molecule has 0 bridgehead atoms. The van der Waals surface area contributed by atoms with Crippen molar-refractivity contribution in [3.63, 3.8) is 0 Å². The van der Waals surface area contributed by atoms with Crippen LogP contribution in [0.3, 0.4) is 0 Å². The summed E-state index contributed by atoms with van der Waals surface area (Å²) in [5, 5.41) is 0. The Morgan fingerprint density at radius 2 is 1.95 bits per heavy atom. The molecule has 0 unspecified atom stereocenters. The first-order valence-corrected chi connectivity index (χ1v) is 6.95. The molecule has 0 aliphatic heterocycles. The van der Waals surface area contributed by atoms with Gasteiger partial charge in [-0.2, -0.15) is 4.39 Å². The van der Waals surface area contributed by atoms with Crippen molar-refractivity contribution in [2.45, 2.75) is 13.3 Å². The summed E-state index contributed by atoms with van der Waals surface area (Å²) in [4.78, 5) is 13.2. The third-order valence-electron chi connectivity index (χ3n) is 2.66. The molecule has 0 radical (unpaired) electrons. The van der Waals surface area contributed by atoms with Crippen LogP contribution in [0.1, 0.15) is 18.9 Å². The van der Waals surface area contributed by atoms with E-state index in [4.69, 9.17) is 4.74 Å². The van der Waals surface area contributed by atoms with E-state index in [9.17, 15) is 9.18 Å². The molecule has 0 aliphatic rings. The van der Waals surface area contributed by atoms with E-state index in [-0.39, 0.29) is 6.61 Å². The van der Waals surface area contributed by atoms with Crippen LogP contribution < -0.4 is 4.74 Å².